The number of anilines is 3. The summed E-state index contributed by atoms with van der Waals surface area (Å²) in [7, 11) is 2.11. The number of imidazole rings is 1. The van der Waals surface area contributed by atoms with E-state index in [2.05, 4.69) is 32.2 Å². The van der Waals surface area contributed by atoms with Crippen molar-refractivity contribution in [1.29, 1.82) is 0 Å². The van der Waals surface area contributed by atoms with E-state index < -0.39 is 0 Å². The van der Waals surface area contributed by atoms with E-state index in [0.29, 0.717) is 25.0 Å². The first-order chi connectivity index (χ1) is 17.1. The first-order valence-corrected chi connectivity index (χ1v) is 12.5. The van der Waals surface area contributed by atoms with Crippen molar-refractivity contribution in [2.45, 2.75) is 70.3 Å². The van der Waals surface area contributed by atoms with Crippen molar-refractivity contribution in [2.24, 2.45) is 0 Å². The van der Waals surface area contributed by atoms with Gasteiger partial charge in [0.2, 0.25) is 11.9 Å². The Morgan fingerprint density at radius 3 is 2.66 bits per heavy atom. The van der Waals surface area contributed by atoms with Crippen LogP contribution in [0.15, 0.2) is 30.6 Å². The maximum absolute atomic E-state index is 11.0. The van der Waals surface area contributed by atoms with Crippen molar-refractivity contribution in [3.8, 4) is 5.75 Å². The molecule has 0 radical (unpaired) electrons. The Kier molecular flexibility index (Phi) is 8.72. The zero-order valence-electron chi connectivity index (χ0n) is 20.3. The number of unbranched alkanes of at least 4 members (excludes halogenated alkanes) is 3. The molecule has 35 heavy (non-hydrogen) atoms. The highest BCUT2D eigenvalue weighted by molar-refractivity contribution is 5.84. The molecule has 1 aliphatic carbocycles. The van der Waals surface area contributed by atoms with E-state index in [0.717, 1.165) is 54.1 Å². The van der Waals surface area contributed by atoms with Crippen LogP contribution in [0.25, 0.3) is 11.2 Å². The van der Waals surface area contributed by atoms with Gasteiger partial charge in [0.25, 0.3) is 0 Å². The molecule has 10 heteroatoms. The van der Waals surface area contributed by atoms with Gasteiger partial charge in [0.15, 0.2) is 17.0 Å². The second-order valence-corrected chi connectivity index (χ2v) is 9.07. The van der Waals surface area contributed by atoms with Crippen LogP contribution in [0.5, 0.6) is 5.75 Å². The highest BCUT2D eigenvalue weighted by Crippen LogP contribution is 2.30. The molecule has 0 aliphatic heterocycles. The number of aromatic nitrogens is 4. The first kappa shape index (κ1) is 24.7. The predicted molar refractivity (Wildman–Crippen MR) is 135 cm³/mol. The lowest BCUT2D eigenvalue weighted by Gasteiger charge is -2.32. The number of fused-ring (bicyclic) bond motifs is 1. The molecule has 1 aromatic carbocycles. The monoisotopic (exact) mass is 481 g/mol. The van der Waals surface area contributed by atoms with Crippen molar-refractivity contribution >= 4 is 34.5 Å². The number of hydrogen-bond acceptors (Lipinski definition) is 8. The lowest BCUT2D eigenvalue weighted by molar-refractivity contribution is -0.129. The SMILES string of the molecule is CN(c1nc(Nc2ccc(OCCCCCCC(=O)NO)cc2)nc2[nH]cnc12)C1CCCCC1. The lowest BCUT2D eigenvalue weighted by atomic mass is 9.94. The van der Waals surface area contributed by atoms with Gasteiger partial charge in [-0.1, -0.05) is 32.1 Å². The molecule has 0 atom stereocenters. The lowest BCUT2D eigenvalue weighted by Crippen LogP contribution is -2.34. The van der Waals surface area contributed by atoms with Crippen LogP contribution >= 0.6 is 0 Å². The summed E-state index contributed by atoms with van der Waals surface area (Å²) in [6.07, 6.45) is 11.8. The number of amides is 1. The van der Waals surface area contributed by atoms with Crippen LogP contribution in [0.3, 0.4) is 0 Å². The quantitative estimate of drug-likeness (QED) is 0.166. The van der Waals surface area contributed by atoms with Gasteiger partial charge in [0.1, 0.15) is 5.75 Å². The van der Waals surface area contributed by atoms with Gasteiger partial charge in [-0.2, -0.15) is 9.97 Å². The minimum Gasteiger partial charge on any atom is -0.494 e. The Hall–Kier alpha value is -3.40. The summed E-state index contributed by atoms with van der Waals surface area (Å²) >= 11 is 0. The molecule has 4 N–H and O–H groups in total. The van der Waals surface area contributed by atoms with Gasteiger partial charge in [-0.15, -0.1) is 0 Å². The number of aromatic amines is 1. The molecule has 188 valence electrons. The van der Waals surface area contributed by atoms with Crippen LogP contribution in [0.2, 0.25) is 0 Å². The molecule has 1 aliphatic rings. The summed E-state index contributed by atoms with van der Waals surface area (Å²) in [5.74, 6) is 1.85. The number of rotatable bonds is 12. The summed E-state index contributed by atoms with van der Waals surface area (Å²) in [4.78, 5) is 30.2. The fourth-order valence-corrected chi connectivity index (χ4v) is 4.51. The highest BCUT2D eigenvalue weighted by atomic mass is 16.5. The minimum atomic E-state index is -0.336. The summed E-state index contributed by atoms with van der Waals surface area (Å²) in [5, 5.41) is 11.8. The van der Waals surface area contributed by atoms with Crippen molar-refractivity contribution in [3.05, 3.63) is 30.6 Å². The van der Waals surface area contributed by atoms with Crippen LogP contribution < -0.4 is 20.4 Å². The maximum Gasteiger partial charge on any atom is 0.243 e. The minimum absolute atomic E-state index is 0.336. The number of carbonyl (C=O) groups is 1. The van der Waals surface area contributed by atoms with Gasteiger partial charge in [0.05, 0.1) is 12.9 Å². The molecule has 1 fully saturated rings. The molecular weight excluding hydrogens is 446 g/mol. The molecule has 0 saturated heterocycles. The second kappa shape index (κ2) is 12.3. The standard InChI is InChI=1S/C25H35N7O3/c1-32(19-9-5-4-6-10-19)24-22-23(27-17-26-22)29-25(30-24)28-18-12-14-20(15-13-18)35-16-8-3-2-7-11-21(33)31-34/h12-15,17,19,34H,2-11,16H2,1H3,(H,31,33)(H2,26,27,28,29,30). The first-order valence-electron chi connectivity index (χ1n) is 12.5. The number of H-pyrrole nitrogens is 1. The van der Waals surface area contributed by atoms with Crippen LogP contribution in [0.4, 0.5) is 17.5 Å². The molecule has 2 aromatic heterocycles. The number of carbonyl (C=O) groups excluding carboxylic acids is 1. The molecule has 1 amide bonds. The largest absolute Gasteiger partial charge is 0.494 e. The van der Waals surface area contributed by atoms with Gasteiger partial charge >= 0.3 is 0 Å². The van der Waals surface area contributed by atoms with E-state index in [4.69, 9.17) is 14.9 Å². The van der Waals surface area contributed by atoms with E-state index in [9.17, 15) is 4.79 Å². The average Bonchev–Trinajstić information content (AvgIpc) is 3.37. The second-order valence-electron chi connectivity index (χ2n) is 9.07. The van der Waals surface area contributed by atoms with E-state index in [1.165, 1.54) is 32.1 Å². The predicted octanol–water partition coefficient (Wildman–Crippen LogP) is 4.70. The van der Waals surface area contributed by atoms with E-state index in [-0.39, 0.29) is 5.91 Å². The Balaban J connectivity index is 1.31. The summed E-state index contributed by atoms with van der Waals surface area (Å²) in [5.41, 5.74) is 4.05. The van der Waals surface area contributed by atoms with Gasteiger partial charge in [-0.3, -0.25) is 10.0 Å². The van der Waals surface area contributed by atoms with E-state index in [1.54, 1.807) is 11.8 Å². The number of nitrogens with one attached hydrogen (secondary N) is 3. The molecule has 0 unspecified atom stereocenters. The number of benzene rings is 1. The zero-order chi connectivity index (χ0) is 24.5. The smallest absolute Gasteiger partial charge is 0.243 e. The number of ether oxygens (including phenoxy) is 1. The summed E-state index contributed by atoms with van der Waals surface area (Å²) < 4.78 is 5.83. The van der Waals surface area contributed by atoms with Gasteiger partial charge in [0, 0.05) is 25.2 Å². The Morgan fingerprint density at radius 2 is 1.89 bits per heavy atom. The third-order valence-corrected chi connectivity index (χ3v) is 6.52. The van der Waals surface area contributed by atoms with Crippen LogP contribution in [0, 0.1) is 0 Å². The van der Waals surface area contributed by atoms with Crippen molar-refractivity contribution in [2.75, 3.05) is 23.9 Å². The molecule has 3 aromatic rings. The Labute approximate surface area is 205 Å². The van der Waals surface area contributed by atoms with Crippen molar-refractivity contribution in [1.82, 2.24) is 25.4 Å². The normalized spacial score (nSPS) is 14.1. The molecule has 1 saturated carbocycles. The summed E-state index contributed by atoms with van der Waals surface area (Å²) in [6, 6.07) is 8.24. The average molecular weight is 482 g/mol. The number of hydroxylamine groups is 1. The molecule has 4 rings (SSSR count). The molecule has 2 heterocycles. The van der Waals surface area contributed by atoms with Crippen molar-refractivity contribution < 1.29 is 14.7 Å². The molecular formula is C25H35N7O3. The van der Waals surface area contributed by atoms with E-state index >= 15 is 0 Å². The molecule has 10 nitrogen and oxygen atoms in total. The third kappa shape index (κ3) is 6.82. The molecule has 0 spiro atoms. The maximum atomic E-state index is 11.0. The number of nitrogens with zero attached hydrogens (tertiary/aromatic N) is 4. The third-order valence-electron chi connectivity index (χ3n) is 6.52. The fraction of sp³-hybridized carbons (Fsp3) is 0.520. The zero-order valence-corrected chi connectivity index (χ0v) is 20.3. The van der Waals surface area contributed by atoms with Crippen LogP contribution in [-0.4, -0.2) is 50.7 Å². The van der Waals surface area contributed by atoms with Crippen molar-refractivity contribution in [3.63, 3.8) is 0 Å². The number of hydrogen-bond donors (Lipinski definition) is 4. The van der Waals surface area contributed by atoms with Gasteiger partial charge in [-0.05, 0) is 49.9 Å². The van der Waals surface area contributed by atoms with Gasteiger partial charge in [-0.25, -0.2) is 10.5 Å². The summed E-state index contributed by atoms with van der Waals surface area (Å²) in [6.45, 7) is 0.620. The van der Waals surface area contributed by atoms with Gasteiger partial charge < -0.3 is 19.9 Å². The Morgan fingerprint density at radius 1 is 1.11 bits per heavy atom. The topological polar surface area (TPSA) is 128 Å². The molecule has 0 bridgehead atoms. The van der Waals surface area contributed by atoms with Crippen LogP contribution in [0.1, 0.15) is 64.2 Å². The van der Waals surface area contributed by atoms with E-state index in [1.807, 2.05) is 24.3 Å². The highest BCUT2D eigenvalue weighted by Gasteiger charge is 2.23. The fourth-order valence-electron chi connectivity index (χ4n) is 4.51. The van der Waals surface area contributed by atoms with Crippen LogP contribution in [-0.2, 0) is 4.79 Å². The Bertz CT molecular complexity index is 1080.